The number of rotatable bonds is 5. The van der Waals surface area contributed by atoms with Crippen LogP contribution in [0.5, 0.6) is 0 Å². The number of piperazine rings is 1. The summed E-state index contributed by atoms with van der Waals surface area (Å²) < 4.78 is 38.9. The molecule has 0 saturated carbocycles. The van der Waals surface area contributed by atoms with Crippen LogP contribution >= 0.6 is 0 Å². The van der Waals surface area contributed by atoms with Gasteiger partial charge in [0.25, 0.3) is 0 Å². The fourth-order valence-corrected chi connectivity index (χ4v) is 3.59. The number of amidine groups is 1. The van der Waals surface area contributed by atoms with Gasteiger partial charge in [0.15, 0.2) is 0 Å². The summed E-state index contributed by atoms with van der Waals surface area (Å²) in [6.07, 6.45) is 0.311. The van der Waals surface area contributed by atoms with Crippen molar-refractivity contribution < 1.29 is 18.0 Å². The number of nitrogens with zero attached hydrogens (tertiary/aromatic N) is 4. The summed E-state index contributed by atoms with van der Waals surface area (Å²) in [6.45, 7) is 5.69. The normalized spacial score (nSPS) is 21.5. The highest BCUT2D eigenvalue weighted by Crippen LogP contribution is 2.26. The second-order valence-corrected chi connectivity index (χ2v) is 7.05. The van der Waals surface area contributed by atoms with Crippen LogP contribution in [0.15, 0.2) is 16.6 Å². The number of hydrogen-bond donors (Lipinski definition) is 0. The van der Waals surface area contributed by atoms with Crippen molar-refractivity contribution in [2.24, 2.45) is 4.99 Å². The molecule has 0 aliphatic carbocycles. The largest absolute Gasteiger partial charge is 0.424 e. The number of allylic oxidation sites excluding steroid dienone is 1. The smallest absolute Gasteiger partial charge is 0.354 e. The van der Waals surface area contributed by atoms with Gasteiger partial charge in [-0.2, -0.15) is 13.2 Å². The van der Waals surface area contributed by atoms with Crippen LogP contribution in [0.25, 0.3) is 0 Å². The van der Waals surface area contributed by atoms with Crippen LogP contribution in [0.4, 0.5) is 13.2 Å². The fourth-order valence-electron chi connectivity index (χ4n) is 3.59. The average Bonchev–Trinajstić information content (AvgIpc) is 2.89. The van der Waals surface area contributed by atoms with E-state index in [1.165, 1.54) is 0 Å². The average molecular weight is 382 g/mol. The van der Waals surface area contributed by atoms with Crippen molar-refractivity contribution in [2.45, 2.75) is 31.9 Å². The van der Waals surface area contributed by atoms with Gasteiger partial charge in [-0.3, -0.25) is 14.7 Å². The Labute approximate surface area is 157 Å². The number of unbranched alkanes of at least 4 members (excludes halogenated alkanes) is 1. The first kappa shape index (κ1) is 19.7. The van der Waals surface area contributed by atoms with E-state index in [0.717, 1.165) is 58.1 Å². The van der Waals surface area contributed by atoms with E-state index in [4.69, 9.17) is 0 Å². The van der Waals surface area contributed by atoms with Gasteiger partial charge >= 0.3 is 6.18 Å². The SMILES string of the molecule is O=C1CCCN1CCCCN1CCN(C2=NCC#CC(C(F)(F)F)=C2)CC1. The molecule has 0 aromatic carbocycles. The van der Waals surface area contributed by atoms with E-state index in [1.54, 1.807) is 0 Å². The predicted molar refractivity (Wildman–Crippen MR) is 97.3 cm³/mol. The minimum Gasteiger partial charge on any atom is -0.354 e. The molecule has 148 valence electrons. The van der Waals surface area contributed by atoms with Gasteiger partial charge in [-0.25, -0.2) is 0 Å². The summed E-state index contributed by atoms with van der Waals surface area (Å²) in [5.74, 6) is 5.25. The fraction of sp³-hybridized carbons (Fsp3) is 0.684. The lowest BCUT2D eigenvalue weighted by Crippen LogP contribution is -2.48. The van der Waals surface area contributed by atoms with E-state index in [0.29, 0.717) is 25.3 Å². The number of aliphatic imine (C=N–C) groups is 1. The minimum absolute atomic E-state index is 0.0981. The number of halogens is 3. The lowest BCUT2D eigenvalue weighted by Gasteiger charge is -2.36. The van der Waals surface area contributed by atoms with Gasteiger partial charge in [-0.15, -0.1) is 0 Å². The third kappa shape index (κ3) is 5.48. The summed E-state index contributed by atoms with van der Waals surface area (Å²) in [5, 5.41) is 0. The van der Waals surface area contributed by atoms with E-state index < -0.39 is 11.7 Å². The number of hydrogen-bond acceptors (Lipinski definition) is 4. The van der Waals surface area contributed by atoms with Crippen LogP contribution < -0.4 is 0 Å². The van der Waals surface area contributed by atoms with Crippen LogP contribution in [0.1, 0.15) is 25.7 Å². The first-order valence-electron chi connectivity index (χ1n) is 9.51. The molecule has 27 heavy (non-hydrogen) atoms. The molecule has 0 spiro atoms. The van der Waals surface area contributed by atoms with Crippen LogP contribution in [0.3, 0.4) is 0 Å². The summed E-state index contributed by atoms with van der Waals surface area (Å²) in [6, 6.07) is 0. The highest BCUT2D eigenvalue weighted by Gasteiger charge is 2.34. The van der Waals surface area contributed by atoms with Crippen molar-refractivity contribution in [3.8, 4) is 11.8 Å². The Morgan fingerprint density at radius 3 is 2.48 bits per heavy atom. The third-order valence-electron chi connectivity index (χ3n) is 5.14. The number of alkyl halides is 3. The van der Waals surface area contributed by atoms with Crippen LogP contribution in [0, 0.1) is 11.8 Å². The zero-order valence-corrected chi connectivity index (χ0v) is 15.4. The predicted octanol–water partition coefficient (Wildman–Crippen LogP) is 1.91. The van der Waals surface area contributed by atoms with Crippen molar-refractivity contribution in [3.05, 3.63) is 11.6 Å². The van der Waals surface area contributed by atoms with Gasteiger partial charge in [0.05, 0.1) is 0 Å². The highest BCUT2D eigenvalue weighted by molar-refractivity contribution is 5.95. The molecule has 2 saturated heterocycles. The molecule has 0 radical (unpaired) electrons. The van der Waals surface area contributed by atoms with Crippen molar-refractivity contribution in [1.82, 2.24) is 14.7 Å². The second kappa shape index (κ2) is 8.79. The Balaban J connectivity index is 1.41. The number of carbonyl (C=O) groups excluding carboxylic acids is 1. The van der Waals surface area contributed by atoms with E-state index in [2.05, 4.69) is 21.7 Å². The van der Waals surface area contributed by atoms with Crippen molar-refractivity contribution >= 4 is 11.7 Å². The zero-order valence-electron chi connectivity index (χ0n) is 15.4. The van der Waals surface area contributed by atoms with Crippen LogP contribution in [0.2, 0.25) is 0 Å². The highest BCUT2D eigenvalue weighted by atomic mass is 19.4. The first-order chi connectivity index (χ1) is 12.9. The number of carbonyl (C=O) groups is 1. The van der Waals surface area contributed by atoms with E-state index >= 15 is 0 Å². The van der Waals surface area contributed by atoms with Crippen molar-refractivity contribution in [2.75, 3.05) is 52.4 Å². The standard InChI is InChI=1S/C19H25F3N4O/c20-19(21,22)16-5-3-7-23-17(15-16)25-13-11-24(12-14-25)8-1-2-9-26-10-4-6-18(26)27/h15H,1-2,4,6-14H2. The first-order valence-corrected chi connectivity index (χ1v) is 9.51. The lowest BCUT2D eigenvalue weighted by molar-refractivity contribution is -0.127. The van der Waals surface area contributed by atoms with Crippen molar-refractivity contribution in [3.63, 3.8) is 0 Å². The van der Waals surface area contributed by atoms with Gasteiger partial charge in [0, 0.05) is 51.8 Å². The summed E-state index contributed by atoms with van der Waals surface area (Å²) in [7, 11) is 0. The molecule has 0 atom stereocenters. The molecule has 0 N–H and O–H groups in total. The molecule has 0 aromatic heterocycles. The zero-order chi connectivity index (χ0) is 19.3. The van der Waals surface area contributed by atoms with Gasteiger partial charge < -0.3 is 9.80 Å². The third-order valence-corrected chi connectivity index (χ3v) is 5.14. The van der Waals surface area contributed by atoms with Crippen LogP contribution in [-0.4, -0.2) is 85.0 Å². The molecule has 8 heteroatoms. The van der Waals surface area contributed by atoms with E-state index in [-0.39, 0.29) is 12.5 Å². The topological polar surface area (TPSA) is 39.2 Å². The molecular weight excluding hydrogens is 357 g/mol. The maximum atomic E-state index is 13.0. The molecule has 0 unspecified atom stereocenters. The maximum absolute atomic E-state index is 13.0. The van der Waals surface area contributed by atoms with E-state index in [9.17, 15) is 18.0 Å². The molecule has 3 aliphatic rings. The minimum atomic E-state index is -4.43. The van der Waals surface area contributed by atoms with E-state index in [1.807, 2.05) is 9.80 Å². The van der Waals surface area contributed by atoms with Gasteiger partial charge in [-0.05, 0) is 25.8 Å². The maximum Gasteiger partial charge on any atom is 0.424 e. The molecule has 0 aromatic rings. The van der Waals surface area contributed by atoms with Crippen molar-refractivity contribution in [1.29, 1.82) is 0 Å². The van der Waals surface area contributed by atoms with Gasteiger partial charge in [-0.1, -0.05) is 11.8 Å². The Bertz CT molecular complexity index is 667. The Kier molecular flexibility index (Phi) is 6.42. The summed E-state index contributed by atoms with van der Waals surface area (Å²) in [5.41, 5.74) is -0.822. The molecule has 3 heterocycles. The molecule has 3 aliphatic heterocycles. The second-order valence-electron chi connectivity index (χ2n) is 7.05. The Hall–Kier alpha value is -2.01. The number of amides is 1. The molecule has 1 amide bonds. The molecule has 5 nitrogen and oxygen atoms in total. The van der Waals surface area contributed by atoms with Gasteiger partial charge in [0.1, 0.15) is 18.0 Å². The molecular formula is C19H25F3N4O. The molecule has 0 bridgehead atoms. The Morgan fingerprint density at radius 2 is 1.81 bits per heavy atom. The number of likely N-dealkylation sites (tertiary alicyclic amines) is 1. The summed E-state index contributed by atoms with van der Waals surface area (Å²) >= 11 is 0. The summed E-state index contributed by atoms with van der Waals surface area (Å²) in [4.78, 5) is 21.9. The lowest BCUT2D eigenvalue weighted by atomic mass is 10.2. The molecule has 2 fully saturated rings. The molecule has 3 rings (SSSR count). The van der Waals surface area contributed by atoms with Crippen LogP contribution in [-0.2, 0) is 4.79 Å². The Morgan fingerprint density at radius 1 is 1.07 bits per heavy atom. The monoisotopic (exact) mass is 382 g/mol. The van der Waals surface area contributed by atoms with Gasteiger partial charge in [0.2, 0.25) is 5.91 Å². The quantitative estimate of drug-likeness (QED) is 0.539.